The van der Waals surface area contributed by atoms with Crippen molar-refractivity contribution in [2.45, 2.75) is 32.7 Å². The number of carbonyl (C=O) groups excluding carboxylic acids is 1. The molecule has 142 valence electrons. The summed E-state index contributed by atoms with van der Waals surface area (Å²) in [6, 6.07) is 4.11. The average molecular weight is 468 g/mol. The van der Waals surface area contributed by atoms with E-state index in [0.29, 0.717) is 24.5 Å². The van der Waals surface area contributed by atoms with Gasteiger partial charge in [0.05, 0.1) is 6.54 Å². The Morgan fingerprint density at radius 2 is 1.92 bits per heavy atom. The smallest absolute Gasteiger partial charge is 0.240 e. The average Bonchev–Trinajstić information content (AvgIpc) is 2.45. The molecular weight excluding hydrogens is 441 g/mol. The molecule has 0 unspecified atom stereocenters. The number of hydrogen-bond acceptors (Lipinski definition) is 2. The van der Waals surface area contributed by atoms with Gasteiger partial charge in [-0.05, 0) is 38.8 Å². The van der Waals surface area contributed by atoms with Crippen molar-refractivity contribution in [1.29, 1.82) is 0 Å². The lowest BCUT2D eigenvalue weighted by molar-refractivity contribution is -0.122. The highest BCUT2D eigenvalue weighted by Crippen LogP contribution is 2.11. The zero-order chi connectivity index (χ0) is 18.3. The van der Waals surface area contributed by atoms with Crippen LogP contribution in [0.4, 0.5) is 8.78 Å². The van der Waals surface area contributed by atoms with Crippen LogP contribution in [0.5, 0.6) is 0 Å². The standard InChI is InChI=1S/C17H26F2N4O.HI/c1-17(2,3)22-14(24)11-23(5)16(20-4)21-10-9-12-7-6-8-13(18)15(12)19;/h6-8H,9-11H2,1-5H3,(H,20,21)(H,22,24);1H. The van der Waals surface area contributed by atoms with E-state index in [1.54, 1.807) is 25.1 Å². The van der Waals surface area contributed by atoms with Gasteiger partial charge in [0, 0.05) is 26.2 Å². The number of aliphatic imine (C=N–C) groups is 1. The minimum Gasteiger partial charge on any atom is -0.356 e. The Morgan fingerprint density at radius 1 is 1.28 bits per heavy atom. The van der Waals surface area contributed by atoms with Gasteiger partial charge in [-0.3, -0.25) is 9.79 Å². The van der Waals surface area contributed by atoms with E-state index < -0.39 is 11.6 Å². The molecule has 0 heterocycles. The van der Waals surface area contributed by atoms with Crippen molar-refractivity contribution in [1.82, 2.24) is 15.5 Å². The quantitative estimate of drug-likeness (QED) is 0.397. The summed E-state index contributed by atoms with van der Waals surface area (Å²) < 4.78 is 26.8. The van der Waals surface area contributed by atoms with Gasteiger partial charge in [-0.15, -0.1) is 24.0 Å². The van der Waals surface area contributed by atoms with Crippen molar-refractivity contribution in [3.8, 4) is 0 Å². The fourth-order valence-electron chi connectivity index (χ4n) is 2.18. The molecule has 1 rings (SSSR count). The first-order valence-corrected chi connectivity index (χ1v) is 7.79. The van der Waals surface area contributed by atoms with Crippen LogP contribution in [-0.4, -0.2) is 49.5 Å². The van der Waals surface area contributed by atoms with Crippen molar-refractivity contribution in [3.63, 3.8) is 0 Å². The third-order valence-electron chi connectivity index (χ3n) is 3.18. The zero-order valence-corrected chi connectivity index (χ0v) is 17.7. The van der Waals surface area contributed by atoms with Crippen LogP contribution in [0.3, 0.4) is 0 Å². The number of nitrogens with one attached hydrogen (secondary N) is 2. The van der Waals surface area contributed by atoms with Gasteiger partial charge in [-0.1, -0.05) is 12.1 Å². The molecule has 1 amide bonds. The van der Waals surface area contributed by atoms with Gasteiger partial charge in [0.2, 0.25) is 5.91 Å². The number of amides is 1. The maximum Gasteiger partial charge on any atom is 0.240 e. The van der Waals surface area contributed by atoms with Crippen molar-refractivity contribution >= 4 is 35.8 Å². The maximum absolute atomic E-state index is 13.6. The molecule has 0 bridgehead atoms. The third kappa shape index (κ3) is 8.46. The molecule has 0 aliphatic heterocycles. The number of likely N-dealkylation sites (N-methyl/N-ethyl adjacent to an activating group) is 1. The number of rotatable bonds is 5. The second kappa shape index (κ2) is 10.5. The highest BCUT2D eigenvalue weighted by Gasteiger charge is 2.16. The molecular formula is C17H27F2IN4O. The summed E-state index contributed by atoms with van der Waals surface area (Å²) in [5, 5.41) is 5.91. The lowest BCUT2D eigenvalue weighted by atomic mass is 10.1. The molecule has 0 saturated carbocycles. The molecule has 5 nitrogen and oxygen atoms in total. The van der Waals surface area contributed by atoms with Gasteiger partial charge >= 0.3 is 0 Å². The van der Waals surface area contributed by atoms with E-state index in [-0.39, 0.29) is 42.0 Å². The minimum atomic E-state index is -0.854. The topological polar surface area (TPSA) is 56.7 Å². The van der Waals surface area contributed by atoms with E-state index in [9.17, 15) is 13.6 Å². The number of hydrogen-bond donors (Lipinski definition) is 2. The summed E-state index contributed by atoms with van der Waals surface area (Å²) in [6.45, 7) is 6.24. The van der Waals surface area contributed by atoms with E-state index in [0.717, 1.165) is 6.07 Å². The molecule has 0 aliphatic rings. The van der Waals surface area contributed by atoms with Crippen LogP contribution in [0, 0.1) is 11.6 Å². The first kappa shape index (κ1) is 23.5. The molecule has 0 atom stereocenters. The summed E-state index contributed by atoms with van der Waals surface area (Å²) in [4.78, 5) is 17.7. The lowest BCUT2D eigenvalue weighted by Crippen LogP contribution is -2.49. The van der Waals surface area contributed by atoms with E-state index >= 15 is 0 Å². The number of guanidine groups is 1. The summed E-state index contributed by atoms with van der Waals surface area (Å²) in [5.41, 5.74) is -0.00451. The molecule has 25 heavy (non-hydrogen) atoms. The molecule has 0 radical (unpaired) electrons. The summed E-state index contributed by atoms with van der Waals surface area (Å²) in [7, 11) is 3.34. The monoisotopic (exact) mass is 468 g/mol. The fraction of sp³-hybridized carbons (Fsp3) is 0.529. The number of halogens is 3. The van der Waals surface area contributed by atoms with Gasteiger partial charge in [0.15, 0.2) is 17.6 Å². The van der Waals surface area contributed by atoms with Gasteiger partial charge in [0.25, 0.3) is 0 Å². The van der Waals surface area contributed by atoms with Crippen molar-refractivity contribution in [3.05, 3.63) is 35.4 Å². The molecule has 0 aliphatic carbocycles. The van der Waals surface area contributed by atoms with Crippen LogP contribution in [0.1, 0.15) is 26.3 Å². The van der Waals surface area contributed by atoms with Gasteiger partial charge in [-0.2, -0.15) is 0 Å². The Morgan fingerprint density at radius 3 is 2.48 bits per heavy atom. The largest absolute Gasteiger partial charge is 0.356 e. The summed E-state index contributed by atoms with van der Waals surface area (Å²) in [6.07, 6.45) is 0.310. The number of benzene rings is 1. The first-order valence-electron chi connectivity index (χ1n) is 7.79. The lowest BCUT2D eigenvalue weighted by Gasteiger charge is -2.25. The molecule has 0 spiro atoms. The fourth-order valence-corrected chi connectivity index (χ4v) is 2.18. The number of carbonyl (C=O) groups is 1. The Labute approximate surface area is 165 Å². The Kier molecular flexibility index (Phi) is 9.91. The second-order valence-electron chi connectivity index (χ2n) is 6.59. The van der Waals surface area contributed by atoms with Crippen LogP contribution in [0.25, 0.3) is 0 Å². The van der Waals surface area contributed by atoms with Gasteiger partial charge < -0.3 is 15.5 Å². The van der Waals surface area contributed by atoms with Crippen LogP contribution in [0.2, 0.25) is 0 Å². The highest BCUT2D eigenvalue weighted by atomic mass is 127. The van der Waals surface area contributed by atoms with E-state index in [2.05, 4.69) is 15.6 Å². The molecule has 0 aromatic heterocycles. The SMILES string of the molecule is CN=C(NCCc1cccc(F)c1F)N(C)CC(=O)NC(C)(C)C.I. The molecule has 0 fully saturated rings. The normalized spacial score (nSPS) is 11.6. The Hall–Kier alpha value is -1.45. The van der Waals surface area contributed by atoms with E-state index in [1.165, 1.54) is 6.07 Å². The highest BCUT2D eigenvalue weighted by molar-refractivity contribution is 14.0. The van der Waals surface area contributed by atoms with Gasteiger partial charge in [-0.25, -0.2) is 8.78 Å². The minimum absolute atomic E-state index is 0. The second-order valence-corrected chi connectivity index (χ2v) is 6.59. The Balaban J connectivity index is 0.00000576. The van der Waals surface area contributed by atoms with Crippen molar-refractivity contribution in [2.24, 2.45) is 4.99 Å². The van der Waals surface area contributed by atoms with Crippen molar-refractivity contribution < 1.29 is 13.6 Å². The number of nitrogens with zero attached hydrogens (tertiary/aromatic N) is 2. The summed E-state index contributed by atoms with van der Waals surface area (Å²) >= 11 is 0. The maximum atomic E-state index is 13.6. The van der Waals surface area contributed by atoms with Crippen LogP contribution in [-0.2, 0) is 11.2 Å². The van der Waals surface area contributed by atoms with Crippen LogP contribution < -0.4 is 10.6 Å². The van der Waals surface area contributed by atoms with E-state index in [4.69, 9.17) is 0 Å². The molecule has 0 saturated heterocycles. The molecule has 1 aromatic rings. The Bertz CT molecular complexity index is 603. The third-order valence-corrected chi connectivity index (χ3v) is 3.18. The predicted molar refractivity (Wildman–Crippen MR) is 107 cm³/mol. The summed E-state index contributed by atoms with van der Waals surface area (Å²) in [5.74, 6) is -1.29. The van der Waals surface area contributed by atoms with Gasteiger partial charge in [0.1, 0.15) is 0 Å². The zero-order valence-electron chi connectivity index (χ0n) is 15.3. The van der Waals surface area contributed by atoms with Crippen LogP contribution in [0.15, 0.2) is 23.2 Å². The van der Waals surface area contributed by atoms with E-state index in [1.807, 2.05) is 20.8 Å². The molecule has 1 aromatic carbocycles. The first-order chi connectivity index (χ1) is 11.1. The van der Waals surface area contributed by atoms with Crippen molar-refractivity contribution in [2.75, 3.05) is 27.2 Å². The molecule has 2 N–H and O–H groups in total. The predicted octanol–water partition coefficient (Wildman–Crippen LogP) is 2.55. The van der Waals surface area contributed by atoms with Crippen LogP contribution >= 0.6 is 24.0 Å². The molecule has 8 heteroatoms.